The van der Waals surface area contributed by atoms with Gasteiger partial charge in [-0.2, -0.15) is 5.26 Å². The molecule has 0 radical (unpaired) electrons. The van der Waals surface area contributed by atoms with Crippen molar-refractivity contribution in [3.8, 4) is 6.07 Å². The molecule has 0 N–H and O–H groups in total. The summed E-state index contributed by atoms with van der Waals surface area (Å²) in [5, 5.41) is 9.12. The minimum atomic E-state index is 0.301. The van der Waals surface area contributed by atoms with E-state index in [4.69, 9.17) is 10.00 Å². The number of likely N-dealkylation sites (N-methyl/N-ethyl adjacent to an activating group) is 1. The van der Waals surface area contributed by atoms with Crippen molar-refractivity contribution in [2.45, 2.75) is 18.9 Å². The normalized spacial score (nSPS) is 19.0. The summed E-state index contributed by atoms with van der Waals surface area (Å²) >= 11 is 3.38. The summed E-state index contributed by atoms with van der Waals surface area (Å²) in [5.74, 6) is 0. The number of hydrogen-bond donors (Lipinski definition) is 0. The van der Waals surface area contributed by atoms with Crippen molar-refractivity contribution < 1.29 is 4.74 Å². The number of ether oxygens (including phenoxy) is 1. The molecule has 1 aliphatic rings. The Balaban J connectivity index is 2.12. The minimum absolute atomic E-state index is 0.301. The maximum atomic E-state index is 9.12. The van der Waals surface area contributed by atoms with Gasteiger partial charge in [-0.1, -0.05) is 15.9 Å². The molecular weight excluding hydrogens is 280 g/mol. The highest BCUT2D eigenvalue weighted by Crippen LogP contribution is 2.24. The topological polar surface area (TPSA) is 36.3 Å². The van der Waals surface area contributed by atoms with Gasteiger partial charge in [0.05, 0.1) is 17.4 Å². The number of nitrogens with zero attached hydrogens (tertiary/aromatic N) is 2. The van der Waals surface area contributed by atoms with Gasteiger partial charge in [0.2, 0.25) is 0 Å². The van der Waals surface area contributed by atoms with Crippen LogP contribution in [0.4, 0.5) is 5.69 Å². The van der Waals surface area contributed by atoms with Gasteiger partial charge < -0.3 is 9.64 Å². The first kappa shape index (κ1) is 12.4. The zero-order valence-electron chi connectivity index (χ0n) is 9.82. The maximum Gasteiger partial charge on any atom is 0.101 e. The van der Waals surface area contributed by atoms with E-state index in [0.717, 1.165) is 36.2 Å². The van der Waals surface area contributed by atoms with Gasteiger partial charge in [-0.05, 0) is 31.0 Å². The highest BCUT2D eigenvalue weighted by atomic mass is 79.9. The Bertz CT molecular complexity index is 436. The van der Waals surface area contributed by atoms with Gasteiger partial charge in [-0.15, -0.1) is 0 Å². The van der Waals surface area contributed by atoms with Crippen molar-refractivity contribution in [1.82, 2.24) is 0 Å². The summed E-state index contributed by atoms with van der Waals surface area (Å²) in [6.45, 7) is 1.71. The van der Waals surface area contributed by atoms with E-state index in [1.54, 1.807) is 0 Å². The van der Waals surface area contributed by atoms with E-state index in [-0.39, 0.29) is 0 Å². The average molecular weight is 295 g/mol. The van der Waals surface area contributed by atoms with E-state index in [9.17, 15) is 0 Å². The lowest BCUT2D eigenvalue weighted by Gasteiger charge is -2.23. The fourth-order valence-corrected chi connectivity index (χ4v) is 2.48. The molecule has 1 aromatic rings. The third-order valence-corrected chi connectivity index (χ3v) is 3.49. The molecule has 1 aromatic carbocycles. The third-order valence-electron chi connectivity index (χ3n) is 2.99. The molecule has 1 heterocycles. The Morgan fingerprint density at radius 2 is 2.41 bits per heavy atom. The van der Waals surface area contributed by atoms with Crippen LogP contribution < -0.4 is 4.90 Å². The maximum absolute atomic E-state index is 9.12. The first-order chi connectivity index (χ1) is 8.20. The van der Waals surface area contributed by atoms with Crippen molar-refractivity contribution in [3.05, 3.63) is 28.2 Å². The van der Waals surface area contributed by atoms with Gasteiger partial charge in [-0.25, -0.2) is 0 Å². The summed E-state index contributed by atoms with van der Waals surface area (Å²) < 4.78 is 6.54. The molecule has 3 nitrogen and oxygen atoms in total. The molecule has 1 unspecified atom stereocenters. The lowest BCUT2D eigenvalue weighted by atomic mass is 10.1. The summed E-state index contributed by atoms with van der Waals surface area (Å²) in [4.78, 5) is 2.10. The Labute approximate surface area is 110 Å². The quantitative estimate of drug-likeness (QED) is 0.860. The summed E-state index contributed by atoms with van der Waals surface area (Å²) in [5.41, 5.74) is 1.66. The lowest BCUT2D eigenvalue weighted by molar-refractivity contribution is 0.116. The van der Waals surface area contributed by atoms with Crippen LogP contribution in [0.25, 0.3) is 0 Å². The second-order valence-corrected chi connectivity index (χ2v) is 5.20. The molecule has 0 amide bonds. The summed E-state index contributed by atoms with van der Waals surface area (Å²) in [6, 6.07) is 8.01. The second kappa shape index (κ2) is 5.52. The van der Waals surface area contributed by atoms with E-state index in [1.165, 1.54) is 0 Å². The number of anilines is 1. The summed E-state index contributed by atoms with van der Waals surface area (Å²) in [6.07, 6.45) is 2.56. The Morgan fingerprint density at radius 1 is 1.59 bits per heavy atom. The minimum Gasteiger partial charge on any atom is -0.376 e. The van der Waals surface area contributed by atoms with Gasteiger partial charge >= 0.3 is 0 Å². The lowest BCUT2D eigenvalue weighted by Crippen LogP contribution is -2.29. The van der Waals surface area contributed by atoms with Crippen LogP contribution in [0.1, 0.15) is 18.4 Å². The largest absolute Gasteiger partial charge is 0.376 e. The molecule has 1 aliphatic heterocycles. The molecule has 0 aromatic heterocycles. The highest BCUT2D eigenvalue weighted by molar-refractivity contribution is 9.10. The highest BCUT2D eigenvalue weighted by Gasteiger charge is 2.18. The molecule has 1 atom stereocenters. The van der Waals surface area contributed by atoms with Gasteiger partial charge in [0.25, 0.3) is 0 Å². The number of halogens is 1. The summed E-state index contributed by atoms with van der Waals surface area (Å²) in [7, 11) is 2.01. The zero-order chi connectivity index (χ0) is 12.3. The van der Waals surface area contributed by atoms with Crippen molar-refractivity contribution in [3.63, 3.8) is 0 Å². The second-order valence-electron chi connectivity index (χ2n) is 4.29. The molecule has 2 rings (SSSR count). The van der Waals surface area contributed by atoms with Crippen molar-refractivity contribution in [2.75, 3.05) is 25.1 Å². The van der Waals surface area contributed by atoms with E-state index in [2.05, 4.69) is 26.9 Å². The van der Waals surface area contributed by atoms with Crippen LogP contribution in [0.2, 0.25) is 0 Å². The van der Waals surface area contributed by atoms with Gasteiger partial charge in [-0.3, -0.25) is 0 Å². The smallest absolute Gasteiger partial charge is 0.101 e. The van der Waals surface area contributed by atoms with E-state index in [0.29, 0.717) is 11.7 Å². The van der Waals surface area contributed by atoms with Crippen molar-refractivity contribution in [1.29, 1.82) is 5.26 Å². The Hall–Kier alpha value is -1.05. The van der Waals surface area contributed by atoms with Crippen LogP contribution in [0.5, 0.6) is 0 Å². The van der Waals surface area contributed by atoms with Crippen LogP contribution in [-0.4, -0.2) is 26.3 Å². The molecule has 0 saturated carbocycles. The van der Waals surface area contributed by atoms with E-state index in [1.807, 2.05) is 25.2 Å². The zero-order valence-corrected chi connectivity index (χ0v) is 11.4. The number of hydrogen-bond acceptors (Lipinski definition) is 3. The monoisotopic (exact) mass is 294 g/mol. The molecule has 1 saturated heterocycles. The molecule has 0 aliphatic carbocycles. The predicted molar refractivity (Wildman–Crippen MR) is 71.1 cm³/mol. The van der Waals surface area contributed by atoms with Gasteiger partial charge in [0, 0.05) is 24.7 Å². The van der Waals surface area contributed by atoms with Crippen LogP contribution in [0.15, 0.2) is 22.7 Å². The number of nitriles is 1. The first-order valence-corrected chi connectivity index (χ1v) is 6.52. The van der Waals surface area contributed by atoms with E-state index < -0.39 is 0 Å². The standard InChI is InChI=1S/C13H15BrN2O/c1-16(9-12-3-2-6-17-12)13-5-4-11(14)7-10(13)8-15/h4-5,7,12H,2-3,6,9H2,1H3. The van der Waals surface area contributed by atoms with Crippen LogP contribution in [0, 0.1) is 11.3 Å². The molecule has 4 heteroatoms. The third kappa shape index (κ3) is 2.99. The molecule has 1 fully saturated rings. The molecule has 17 heavy (non-hydrogen) atoms. The van der Waals surface area contributed by atoms with Crippen molar-refractivity contribution >= 4 is 21.6 Å². The average Bonchev–Trinajstić information content (AvgIpc) is 2.81. The fourth-order valence-electron chi connectivity index (χ4n) is 2.12. The van der Waals surface area contributed by atoms with Crippen molar-refractivity contribution in [2.24, 2.45) is 0 Å². The Morgan fingerprint density at radius 3 is 3.06 bits per heavy atom. The van der Waals surface area contributed by atoms with Crippen LogP contribution >= 0.6 is 15.9 Å². The van der Waals surface area contributed by atoms with Crippen LogP contribution in [-0.2, 0) is 4.74 Å². The SMILES string of the molecule is CN(CC1CCCO1)c1ccc(Br)cc1C#N. The molecular formula is C13H15BrN2O. The van der Waals surface area contributed by atoms with Gasteiger partial charge in [0.15, 0.2) is 0 Å². The first-order valence-electron chi connectivity index (χ1n) is 5.73. The van der Waals surface area contributed by atoms with Gasteiger partial charge in [0.1, 0.15) is 6.07 Å². The number of rotatable bonds is 3. The fraction of sp³-hybridized carbons (Fsp3) is 0.462. The predicted octanol–water partition coefficient (Wildman–Crippen LogP) is 2.94. The van der Waals surface area contributed by atoms with E-state index >= 15 is 0 Å². The molecule has 90 valence electrons. The molecule has 0 spiro atoms. The van der Waals surface area contributed by atoms with Crippen LogP contribution in [0.3, 0.4) is 0 Å². The number of benzene rings is 1. The molecule has 0 bridgehead atoms. The Kier molecular flexibility index (Phi) is 4.03.